The van der Waals surface area contributed by atoms with Gasteiger partial charge in [-0.25, -0.2) is 4.79 Å². The molecule has 1 heterocycles. The van der Waals surface area contributed by atoms with Gasteiger partial charge in [0.05, 0.1) is 0 Å². The lowest BCUT2D eigenvalue weighted by atomic mass is 9.93. The highest BCUT2D eigenvalue weighted by Crippen LogP contribution is 2.22. The van der Waals surface area contributed by atoms with Gasteiger partial charge in [0.25, 0.3) is 0 Å². The lowest BCUT2D eigenvalue weighted by Crippen LogP contribution is -2.50. The topological polar surface area (TPSA) is 57.6 Å². The van der Waals surface area contributed by atoms with E-state index in [0.29, 0.717) is 13.0 Å². The Labute approximate surface area is 96.6 Å². The van der Waals surface area contributed by atoms with Gasteiger partial charge in [-0.1, -0.05) is 20.8 Å². The number of carboxylic acid groups (broad SMARTS) is 1. The molecule has 1 aliphatic heterocycles. The number of aliphatic carboxylic acids is 1. The van der Waals surface area contributed by atoms with Crippen LogP contribution in [0.25, 0.3) is 0 Å². The third kappa shape index (κ3) is 2.74. The predicted octanol–water partition coefficient (Wildman–Crippen LogP) is 1.74. The third-order valence-corrected chi connectivity index (χ3v) is 3.46. The zero-order valence-electron chi connectivity index (χ0n) is 10.3. The largest absolute Gasteiger partial charge is 0.480 e. The van der Waals surface area contributed by atoms with Gasteiger partial charge in [0.1, 0.15) is 6.04 Å². The summed E-state index contributed by atoms with van der Waals surface area (Å²) in [5, 5.41) is 9.08. The second-order valence-electron chi connectivity index (χ2n) is 4.91. The number of hydrogen-bond acceptors (Lipinski definition) is 2. The Hall–Kier alpha value is -1.06. The van der Waals surface area contributed by atoms with Gasteiger partial charge in [0.2, 0.25) is 5.91 Å². The highest BCUT2D eigenvalue weighted by molar-refractivity contribution is 5.85. The van der Waals surface area contributed by atoms with Gasteiger partial charge < -0.3 is 10.0 Å². The molecule has 4 nitrogen and oxygen atoms in total. The Morgan fingerprint density at radius 3 is 2.38 bits per heavy atom. The monoisotopic (exact) mass is 227 g/mol. The molecule has 0 saturated carbocycles. The van der Waals surface area contributed by atoms with Gasteiger partial charge in [0.15, 0.2) is 0 Å². The molecule has 2 atom stereocenters. The van der Waals surface area contributed by atoms with Crippen LogP contribution in [0.2, 0.25) is 0 Å². The van der Waals surface area contributed by atoms with Crippen molar-refractivity contribution in [2.24, 2.45) is 11.8 Å². The summed E-state index contributed by atoms with van der Waals surface area (Å²) in [5.74, 6) is -0.727. The molecule has 0 aromatic rings. The third-order valence-electron chi connectivity index (χ3n) is 3.46. The van der Waals surface area contributed by atoms with Crippen molar-refractivity contribution in [3.8, 4) is 0 Å². The second kappa shape index (κ2) is 5.32. The van der Waals surface area contributed by atoms with Crippen molar-refractivity contribution in [2.75, 3.05) is 6.54 Å². The number of hydrogen-bond donors (Lipinski definition) is 1. The molecule has 0 spiro atoms. The molecule has 0 radical (unpaired) electrons. The zero-order chi connectivity index (χ0) is 12.3. The molecular weight excluding hydrogens is 206 g/mol. The fourth-order valence-corrected chi connectivity index (χ4v) is 2.00. The molecule has 1 fully saturated rings. The van der Waals surface area contributed by atoms with Gasteiger partial charge in [-0.2, -0.15) is 0 Å². The van der Waals surface area contributed by atoms with E-state index in [9.17, 15) is 9.59 Å². The average Bonchev–Trinajstić information content (AvgIpc) is 2.26. The van der Waals surface area contributed by atoms with Crippen LogP contribution in [0.15, 0.2) is 0 Å². The molecule has 1 rings (SSSR count). The molecule has 4 heteroatoms. The summed E-state index contributed by atoms with van der Waals surface area (Å²) >= 11 is 0. The highest BCUT2D eigenvalue weighted by Gasteiger charge is 2.34. The Bertz CT molecular complexity index is 275. The maximum Gasteiger partial charge on any atom is 0.326 e. The molecule has 0 aromatic heterocycles. The van der Waals surface area contributed by atoms with Crippen molar-refractivity contribution in [1.82, 2.24) is 4.90 Å². The quantitative estimate of drug-likeness (QED) is 0.799. The van der Waals surface area contributed by atoms with E-state index in [1.165, 1.54) is 0 Å². The van der Waals surface area contributed by atoms with Gasteiger partial charge in [-0.3, -0.25) is 4.79 Å². The van der Waals surface area contributed by atoms with E-state index >= 15 is 0 Å². The summed E-state index contributed by atoms with van der Waals surface area (Å²) in [6, 6.07) is -0.609. The Morgan fingerprint density at radius 1 is 1.25 bits per heavy atom. The average molecular weight is 227 g/mol. The van der Waals surface area contributed by atoms with Crippen LogP contribution in [-0.4, -0.2) is 34.5 Å². The fraction of sp³-hybridized carbons (Fsp3) is 0.833. The van der Waals surface area contributed by atoms with E-state index in [-0.39, 0.29) is 17.7 Å². The highest BCUT2D eigenvalue weighted by atomic mass is 16.4. The van der Waals surface area contributed by atoms with Crippen LogP contribution in [0.4, 0.5) is 0 Å². The first-order valence-corrected chi connectivity index (χ1v) is 5.98. The van der Waals surface area contributed by atoms with Crippen molar-refractivity contribution < 1.29 is 14.7 Å². The summed E-state index contributed by atoms with van der Waals surface area (Å²) in [7, 11) is 0. The molecular formula is C12H21NO3. The van der Waals surface area contributed by atoms with Gasteiger partial charge in [-0.05, 0) is 25.2 Å². The SMILES string of the molecule is CC(C)C(C)C(=O)N1CCCC[C@@H]1C(=O)O. The maximum absolute atomic E-state index is 12.1. The minimum atomic E-state index is -0.871. The number of piperidine rings is 1. The van der Waals surface area contributed by atoms with Crippen molar-refractivity contribution in [2.45, 2.75) is 46.1 Å². The van der Waals surface area contributed by atoms with Crippen LogP contribution in [0.5, 0.6) is 0 Å². The molecule has 0 bridgehead atoms. The first kappa shape index (κ1) is 13.0. The van der Waals surface area contributed by atoms with Crippen LogP contribution >= 0.6 is 0 Å². The summed E-state index contributed by atoms with van der Waals surface area (Å²) < 4.78 is 0. The van der Waals surface area contributed by atoms with E-state index < -0.39 is 12.0 Å². The molecule has 1 aliphatic rings. The molecule has 1 saturated heterocycles. The summed E-state index contributed by atoms with van der Waals surface area (Å²) in [6.07, 6.45) is 2.41. The van der Waals surface area contributed by atoms with E-state index in [0.717, 1.165) is 12.8 Å². The lowest BCUT2D eigenvalue weighted by Gasteiger charge is -2.35. The minimum Gasteiger partial charge on any atom is -0.480 e. The van der Waals surface area contributed by atoms with E-state index in [1.54, 1.807) is 4.90 Å². The first-order chi connectivity index (χ1) is 7.45. The van der Waals surface area contributed by atoms with Crippen LogP contribution in [0.1, 0.15) is 40.0 Å². The van der Waals surface area contributed by atoms with Crippen LogP contribution in [0.3, 0.4) is 0 Å². The minimum absolute atomic E-state index is 0.0119. The van der Waals surface area contributed by atoms with Crippen molar-refractivity contribution in [3.05, 3.63) is 0 Å². The number of likely N-dealkylation sites (tertiary alicyclic amines) is 1. The molecule has 0 aromatic carbocycles. The number of carbonyl (C=O) groups is 2. The molecule has 0 aliphatic carbocycles. The number of nitrogens with zero attached hydrogens (tertiary/aromatic N) is 1. The van der Waals surface area contributed by atoms with Crippen molar-refractivity contribution in [1.29, 1.82) is 0 Å². The lowest BCUT2D eigenvalue weighted by molar-refractivity contribution is -0.154. The van der Waals surface area contributed by atoms with Gasteiger partial charge in [0, 0.05) is 12.5 Å². The number of amides is 1. The Morgan fingerprint density at radius 2 is 1.88 bits per heavy atom. The summed E-state index contributed by atoms with van der Waals surface area (Å²) in [5.41, 5.74) is 0. The molecule has 1 amide bonds. The maximum atomic E-state index is 12.1. The summed E-state index contributed by atoms with van der Waals surface area (Å²) in [6.45, 7) is 6.44. The molecule has 1 N–H and O–H groups in total. The summed E-state index contributed by atoms with van der Waals surface area (Å²) in [4.78, 5) is 24.7. The molecule has 92 valence electrons. The Kier molecular flexibility index (Phi) is 4.33. The molecule has 16 heavy (non-hydrogen) atoms. The first-order valence-electron chi connectivity index (χ1n) is 5.98. The second-order valence-corrected chi connectivity index (χ2v) is 4.91. The molecule has 1 unspecified atom stereocenters. The van der Waals surface area contributed by atoms with E-state index in [2.05, 4.69) is 0 Å². The predicted molar refractivity (Wildman–Crippen MR) is 61.0 cm³/mol. The fourth-order valence-electron chi connectivity index (χ4n) is 2.00. The Balaban J connectivity index is 2.75. The van der Waals surface area contributed by atoms with Gasteiger partial charge in [-0.15, -0.1) is 0 Å². The van der Waals surface area contributed by atoms with E-state index in [1.807, 2.05) is 20.8 Å². The number of rotatable bonds is 3. The van der Waals surface area contributed by atoms with Crippen molar-refractivity contribution in [3.63, 3.8) is 0 Å². The normalized spacial score (nSPS) is 23.2. The van der Waals surface area contributed by atoms with Crippen LogP contribution in [-0.2, 0) is 9.59 Å². The van der Waals surface area contributed by atoms with Crippen LogP contribution in [0, 0.1) is 11.8 Å². The zero-order valence-corrected chi connectivity index (χ0v) is 10.3. The van der Waals surface area contributed by atoms with E-state index in [4.69, 9.17) is 5.11 Å². The van der Waals surface area contributed by atoms with Crippen LogP contribution < -0.4 is 0 Å². The standard InChI is InChI=1S/C12H21NO3/c1-8(2)9(3)11(14)13-7-5-4-6-10(13)12(15)16/h8-10H,4-7H2,1-3H3,(H,15,16)/t9?,10-/m1/s1. The smallest absolute Gasteiger partial charge is 0.326 e. The van der Waals surface area contributed by atoms with Crippen molar-refractivity contribution >= 4 is 11.9 Å². The van der Waals surface area contributed by atoms with Gasteiger partial charge >= 0.3 is 5.97 Å². The number of carbonyl (C=O) groups excluding carboxylic acids is 1. The number of carboxylic acids is 1.